The van der Waals surface area contributed by atoms with Gasteiger partial charge in [-0.2, -0.15) is 0 Å². The summed E-state index contributed by atoms with van der Waals surface area (Å²) in [4.78, 5) is 4.81. The topological polar surface area (TPSA) is 12.4 Å². The molecule has 1 aromatic carbocycles. The molecule has 0 radical (unpaired) electrons. The quantitative estimate of drug-likeness (QED) is 0.525. The maximum Gasteiger partial charge on any atom is 0.0668 e. The lowest BCUT2D eigenvalue weighted by Crippen LogP contribution is -2.19. The van der Waals surface area contributed by atoms with Crippen LogP contribution in [0.25, 0.3) is 0 Å². The first-order valence-corrected chi connectivity index (χ1v) is 7.39. The van der Waals surface area contributed by atoms with Gasteiger partial charge < -0.3 is 0 Å². The van der Waals surface area contributed by atoms with Crippen molar-refractivity contribution in [3.05, 3.63) is 29.3 Å². The summed E-state index contributed by atoms with van der Waals surface area (Å²) in [7, 11) is 0. The Morgan fingerprint density at radius 2 is 1.45 bits per heavy atom. The lowest BCUT2D eigenvalue weighted by molar-refractivity contribution is 0.584. The molecule has 0 fully saturated rings. The zero-order chi connectivity index (χ0) is 14.8. The summed E-state index contributed by atoms with van der Waals surface area (Å²) in [5, 5.41) is 0. The van der Waals surface area contributed by atoms with Gasteiger partial charge in [0.1, 0.15) is 0 Å². The smallest absolute Gasteiger partial charge is 0.0668 e. The Bertz CT molecular complexity index is 468. The molecule has 1 heterocycles. The molecule has 1 heteroatoms. The second kappa shape index (κ2) is 6.56. The molecule has 1 aliphatic heterocycles. The Kier molecular flexibility index (Phi) is 6.20. The molecule has 1 nitrogen and oxygen atoms in total. The Hall–Kier alpha value is -1.11. The van der Waals surface area contributed by atoms with Crippen LogP contribution in [0, 0.1) is 5.41 Å². The monoisotopic (exact) mass is 275 g/mol. The standard InChI is InChI=1S/C16H23N.C2H6.CH4/c1-15(2,3)12-8-7-11-9-14(16(4,5)6)17-13(11)10-12;1-2;/h7-8,10H,9H2,1-6H3;1-2H3;1H4. The fraction of sp³-hybridized carbons (Fsp3) is 0.632. The molecule has 114 valence electrons. The first-order valence-electron chi connectivity index (χ1n) is 7.39. The van der Waals surface area contributed by atoms with Crippen LogP contribution in [0.2, 0.25) is 0 Å². The van der Waals surface area contributed by atoms with E-state index < -0.39 is 0 Å². The van der Waals surface area contributed by atoms with Crippen molar-refractivity contribution in [2.45, 2.75) is 74.7 Å². The minimum atomic E-state index is 0. The third-order valence-electron chi connectivity index (χ3n) is 3.43. The molecule has 0 bridgehead atoms. The average Bonchev–Trinajstić information content (AvgIpc) is 2.72. The zero-order valence-electron chi connectivity index (χ0n) is 13.9. The largest absolute Gasteiger partial charge is 0.257 e. The molecule has 0 spiro atoms. The van der Waals surface area contributed by atoms with Crippen molar-refractivity contribution in [3.63, 3.8) is 0 Å². The molecule has 0 saturated carbocycles. The van der Waals surface area contributed by atoms with Crippen LogP contribution in [0.1, 0.15) is 73.9 Å². The number of benzene rings is 1. The summed E-state index contributed by atoms with van der Waals surface area (Å²) >= 11 is 0. The van der Waals surface area contributed by atoms with Gasteiger partial charge in [-0.15, -0.1) is 0 Å². The maximum atomic E-state index is 4.81. The first-order chi connectivity index (χ1) is 8.68. The van der Waals surface area contributed by atoms with Gasteiger partial charge >= 0.3 is 0 Å². The predicted molar refractivity (Wildman–Crippen MR) is 93.5 cm³/mol. The third-order valence-corrected chi connectivity index (χ3v) is 3.43. The highest BCUT2D eigenvalue weighted by Crippen LogP contribution is 2.36. The molecule has 0 amide bonds. The summed E-state index contributed by atoms with van der Waals surface area (Å²) in [6.07, 6.45) is 1.02. The summed E-state index contributed by atoms with van der Waals surface area (Å²) in [6, 6.07) is 6.76. The van der Waals surface area contributed by atoms with Gasteiger partial charge in [-0.25, -0.2) is 0 Å². The lowest BCUT2D eigenvalue weighted by atomic mass is 9.85. The molecule has 0 aliphatic carbocycles. The van der Waals surface area contributed by atoms with Crippen LogP contribution in [0.4, 0.5) is 5.69 Å². The van der Waals surface area contributed by atoms with Crippen molar-refractivity contribution < 1.29 is 0 Å². The lowest BCUT2D eigenvalue weighted by Gasteiger charge is -2.19. The fourth-order valence-electron chi connectivity index (χ4n) is 2.08. The van der Waals surface area contributed by atoms with Crippen molar-refractivity contribution >= 4 is 11.4 Å². The Labute approximate surface area is 126 Å². The van der Waals surface area contributed by atoms with Crippen LogP contribution in [0.3, 0.4) is 0 Å². The zero-order valence-corrected chi connectivity index (χ0v) is 13.9. The van der Waals surface area contributed by atoms with Crippen molar-refractivity contribution in [1.82, 2.24) is 0 Å². The van der Waals surface area contributed by atoms with Crippen LogP contribution in [-0.2, 0) is 11.8 Å². The molecule has 2 rings (SSSR count). The molecule has 1 aliphatic rings. The number of rotatable bonds is 0. The first kappa shape index (κ1) is 18.9. The summed E-state index contributed by atoms with van der Waals surface area (Å²) < 4.78 is 0. The predicted octanol–water partition coefficient (Wildman–Crippen LogP) is 6.32. The minimum Gasteiger partial charge on any atom is -0.257 e. The van der Waals surface area contributed by atoms with E-state index in [-0.39, 0.29) is 18.3 Å². The van der Waals surface area contributed by atoms with Gasteiger partial charge in [-0.1, -0.05) is 74.9 Å². The second-order valence-corrected chi connectivity index (χ2v) is 7.08. The van der Waals surface area contributed by atoms with Gasteiger partial charge in [-0.3, -0.25) is 4.99 Å². The Morgan fingerprint density at radius 1 is 0.900 bits per heavy atom. The Morgan fingerprint density at radius 3 is 1.90 bits per heavy atom. The highest BCUT2D eigenvalue weighted by atomic mass is 14.8. The molecule has 1 aromatic rings. The number of hydrogen-bond acceptors (Lipinski definition) is 1. The van der Waals surface area contributed by atoms with Crippen LogP contribution in [0.15, 0.2) is 23.2 Å². The summed E-state index contributed by atoms with van der Waals surface area (Å²) in [6.45, 7) is 17.5. The fourth-order valence-corrected chi connectivity index (χ4v) is 2.08. The van der Waals surface area contributed by atoms with E-state index in [4.69, 9.17) is 4.99 Å². The van der Waals surface area contributed by atoms with Crippen LogP contribution < -0.4 is 0 Å². The van der Waals surface area contributed by atoms with Crippen molar-refractivity contribution in [3.8, 4) is 0 Å². The number of fused-ring (bicyclic) bond motifs is 1. The van der Waals surface area contributed by atoms with E-state index in [1.807, 2.05) is 13.8 Å². The minimum absolute atomic E-state index is 0. The van der Waals surface area contributed by atoms with E-state index in [2.05, 4.69) is 59.7 Å². The van der Waals surface area contributed by atoms with E-state index >= 15 is 0 Å². The average molecular weight is 275 g/mol. The Balaban J connectivity index is 0.00000115. The number of aliphatic imine (C=N–C) groups is 1. The summed E-state index contributed by atoms with van der Waals surface area (Å²) in [5.74, 6) is 0. The molecule has 0 atom stereocenters. The second-order valence-electron chi connectivity index (χ2n) is 7.08. The molecule has 0 saturated heterocycles. The van der Waals surface area contributed by atoms with E-state index in [1.165, 1.54) is 22.5 Å². The molecule has 0 unspecified atom stereocenters. The van der Waals surface area contributed by atoms with Gasteiger partial charge in [0.2, 0.25) is 0 Å². The molecule has 0 N–H and O–H groups in total. The molecular formula is C19H33N. The van der Waals surface area contributed by atoms with Crippen molar-refractivity contribution in [1.29, 1.82) is 0 Å². The normalized spacial score (nSPS) is 13.7. The van der Waals surface area contributed by atoms with E-state index in [0.717, 1.165) is 6.42 Å². The van der Waals surface area contributed by atoms with Crippen LogP contribution in [0.5, 0.6) is 0 Å². The maximum absolute atomic E-state index is 4.81. The number of nitrogens with zero attached hydrogens (tertiary/aromatic N) is 1. The molecule has 20 heavy (non-hydrogen) atoms. The highest BCUT2D eigenvalue weighted by Gasteiger charge is 2.26. The van der Waals surface area contributed by atoms with E-state index in [1.54, 1.807) is 0 Å². The summed E-state index contributed by atoms with van der Waals surface area (Å²) in [5.41, 5.74) is 5.62. The van der Waals surface area contributed by atoms with Gasteiger partial charge in [0.15, 0.2) is 0 Å². The van der Waals surface area contributed by atoms with E-state index in [9.17, 15) is 0 Å². The van der Waals surface area contributed by atoms with Gasteiger partial charge in [-0.05, 0) is 22.6 Å². The number of hydrogen-bond donors (Lipinski definition) is 0. The third kappa shape index (κ3) is 4.19. The van der Waals surface area contributed by atoms with Crippen molar-refractivity contribution in [2.75, 3.05) is 0 Å². The van der Waals surface area contributed by atoms with Gasteiger partial charge in [0.25, 0.3) is 0 Å². The van der Waals surface area contributed by atoms with Gasteiger partial charge in [0, 0.05) is 17.5 Å². The van der Waals surface area contributed by atoms with Gasteiger partial charge in [0.05, 0.1) is 5.69 Å². The van der Waals surface area contributed by atoms with Crippen LogP contribution in [-0.4, -0.2) is 5.71 Å². The SMILES string of the molecule is C.CC.CC(C)(C)C1=Nc2cc(C(C)(C)C)ccc2C1. The van der Waals surface area contributed by atoms with E-state index in [0.29, 0.717) is 0 Å². The molecule has 0 aromatic heterocycles. The molecular weight excluding hydrogens is 242 g/mol. The van der Waals surface area contributed by atoms with Crippen LogP contribution >= 0.6 is 0 Å². The highest BCUT2D eigenvalue weighted by molar-refractivity contribution is 5.97. The van der Waals surface area contributed by atoms with Crippen molar-refractivity contribution in [2.24, 2.45) is 10.4 Å².